The Balaban J connectivity index is 3.21. The second-order valence-corrected chi connectivity index (χ2v) is 4.95. The lowest BCUT2D eigenvalue weighted by molar-refractivity contribution is 0.273. The molecule has 0 saturated heterocycles. The third-order valence-corrected chi connectivity index (χ3v) is 3.00. The molecule has 0 heterocycles. The van der Waals surface area contributed by atoms with E-state index < -0.39 is 0 Å². The molecule has 1 unspecified atom stereocenters. The van der Waals surface area contributed by atoms with Crippen molar-refractivity contribution >= 4 is 5.69 Å². The molecule has 0 fully saturated rings. The molecule has 0 spiro atoms. The zero-order valence-corrected chi connectivity index (χ0v) is 11.0. The number of rotatable bonds is 4. The van der Waals surface area contributed by atoms with Crippen molar-refractivity contribution in [2.45, 2.75) is 32.6 Å². The van der Waals surface area contributed by atoms with Crippen LogP contribution in [0.4, 0.5) is 5.69 Å². The first-order chi connectivity index (χ1) is 7.47. The summed E-state index contributed by atoms with van der Waals surface area (Å²) >= 11 is 0. The fourth-order valence-corrected chi connectivity index (χ4v) is 1.83. The van der Waals surface area contributed by atoms with Crippen molar-refractivity contribution in [2.24, 2.45) is 0 Å². The Morgan fingerprint density at radius 3 is 2.25 bits per heavy atom. The first kappa shape index (κ1) is 13.0. The van der Waals surface area contributed by atoms with E-state index in [4.69, 9.17) is 0 Å². The molecule has 2 heteroatoms. The highest BCUT2D eigenvalue weighted by atomic mass is 16.3. The SMILES string of the molecule is CC(C)c1ccc(N(C)C)c(C(C)CO)c1. The third kappa shape index (κ3) is 2.76. The van der Waals surface area contributed by atoms with Crippen LogP contribution in [0.25, 0.3) is 0 Å². The van der Waals surface area contributed by atoms with Gasteiger partial charge < -0.3 is 10.0 Å². The van der Waals surface area contributed by atoms with Crippen molar-refractivity contribution in [1.29, 1.82) is 0 Å². The molecule has 2 nitrogen and oxygen atoms in total. The molecule has 0 aliphatic carbocycles. The van der Waals surface area contributed by atoms with Crippen LogP contribution in [0.1, 0.15) is 43.7 Å². The van der Waals surface area contributed by atoms with Gasteiger partial charge in [0.1, 0.15) is 0 Å². The number of aliphatic hydroxyl groups excluding tert-OH is 1. The second-order valence-electron chi connectivity index (χ2n) is 4.95. The summed E-state index contributed by atoms with van der Waals surface area (Å²) in [6, 6.07) is 6.55. The van der Waals surface area contributed by atoms with Gasteiger partial charge in [-0.2, -0.15) is 0 Å². The molecule has 1 N–H and O–H groups in total. The maximum Gasteiger partial charge on any atom is 0.0497 e. The van der Waals surface area contributed by atoms with E-state index in [1.807, 2.05) is 14.1 Å². The summed E-state index contributed by atoms with van der Waals surface area (Å²) < 4.78 is 0. The Labute approximate surface area is 98.9 Å². The Kier molecular flexibility index (Phi) is 4.36. The molecule has 0 saturated carbocycles. The van der Waals surface area contributed by atoms with Gasteiger partial charge in [-0.3, -0.25) is 0 Å². The van der Waals surface area contributed by atoms with Gasteiger partial charge in [0.25, 0.3) is 0 Å². The predicted molar refractivity (Wildman–Crippen MR) is 70.4 cm³/mol. The average molecular weight is 221 g/mol. The van der Waals surface area contributed by atoms with Crippen molar-refractivity contribution in [2.75, 3.05) is 25.6 Å². The molecule has 0 aliphatic heterocycles. The van der Waals surface area contributed by atoms with Gasteiger partial charge in [0.15, 0.2) is 0 Å². The minimum Gasteiger partial charge on any atom is -0.396 e. The molecule has 0 aliphatic rings. The van der Waals surface area contributed by atoms with E-state index in [2.05, 4.69) is 43.9 Å². The van der Waals surface area contributed by atoms with Crippen molar-refractivity contribution < 1.29 is 5.11 Å². The zero-order chi connectivity index (χ0) is 12.3. The van der Waals surface area contributed by atoms with E-state index in [0.717, 1.165) is 0 Å². The van der Waals surface area contributed by atoms with Crippen LogP contribution in [0, 0.1) is 0 Å². The van der Waals surface area contributed by atoms with Crippen LogP contribution in [-0.2, 0) is 0 Å². The Morgan fingerprint density at radius 1 is 1.19 bits per heavy atom. The lowest BCUT2D eigenvalue weighted by atomic mass is 9.93. The predicted octanol–water partition coefficient (Wildman–Crippen LogP) is 2.97. The molecular weight excluding hydrogens is 198 g/mol. The van der Waals surface area contributed by atoms with Gasteiger partial charge in [-0.15, -0.1) is 0 Å². The van der Waals surface area contributed by atoms with Crippen LogP contribution in [0.3, 0.4) is 0 Å². The number of aliphatic hydroxyl groups is 1. The smallest absolute Gasteiger partial charge is 0.0497 e. The largest absolute Gasteiger partial charge is 0.396 e. The highest BCUT2D eigenvalue weighted by Crippen LogP contribution is 2.29. The topological polar surface area (TPSA) is 23.5 Å². The van der Waals surface area contributed by atoms with E-state index >= 15 is 0 Å². The summed E-state index contributed by atoms with van der Waals surface area (Å²) in [5, 5.41) is 9.31. The molecule has 1 aromatic carbocycles. The Hall–Kier alpha value is -1.02. The lowest BCUT2D eigenvalue weighted by Crippen LogP contribution is -2.14. The van der Waals surface area contributed by atoms with Gasteiger partial charge in [0.05, 0.1) is 0 Å². The van der Waals surface area contributed by atoms with E-state index in [0.29, 0.717) is 5.92 Å². The summed E-state index contributed by atoms with van der Waals surface area (Å²) in [5.41, 5.74) is 3.77. The number of anilines is 1. The fourth-order valence-electron chi connectivity index (χ4n) is 1.83. The Morgan fingerprint density at radius 2 is 1.81 bits per heavy atom. The number of hydrogen-bond donors (Lipinski definition) is 1. The average Bonchev–Trinajstić information content (AvgIpc) is 2.26. The van der Waals surface area contributed by atoms with Gasteiger partial charge in [-0.25, -0.2) is 0 Å². The van der Waals surface area contributed by atoms with Crippen LogP contribution < -0.4 is 4.90 Å². The van der Waals surface area contributed by atoms with Crippen molar-refractivity contribution in [3.63, 3.8) is 0 Å². The molecule has 0 radical (unpaired) electrons. The van der Waals surface area contributed by atoms with Crippen molar-refractivity contribution in [1.82, 2.24) is 0 Å². The summed E-state index contributed by atoms with van der Waals surface area (Å²) in [5.74, 6) is 0.719. The summed E-state index contributed by atoms with van der Waals surface area (Å²) in [4.78, 5) is 2.10. The van der Waals surface area contributed by atoms with E-state index in [-0.39, 0.29) is 12.5 Å². The molecule has 16 heavy (non-hydrogen) atoms. The summed E-state index contributed by atoms with van der Waals surface area (Å²) in [6.45, 7) is 6.64. The highest BCUT2D eigenvalue weighted by Gasteiger charge is 2.13. The maximum absolute atomic E-state index is 9.31. The Bertz CT molecular complexity index is 345. The number of hydrogen-bond acceptors (Lipinski definition) is 2. The van der Waals surface area contributed by atoms with Crippen LogP contribution in [0.15, 0.2) is 18.2 Å². The van der Waals surface area contributed by atoms with Crippen LogP contribution in [0.2, 0.25) is 0 Å². The summed E-state index contributed by atoms with van der Waals surface area (Å²) in [7, 11) is 4.08. The van der Waals surface area contributed by atoms with Crippen LogP contribution in [0.5, 0.6) is 0 Å². The number of nitrogens with zero attached hydrogens (tertiary/aromatic N) is 1. The first-order valence-electron chi connectivity index (χ1n) is 5.89. The molecule has 0 bridgehead atoms. The normalized spacial score (nSPS) is 12.9. The van der Waals surface area contributed by atoms with Crippen molar-refractivity contribution in [3.05, 3.63) is 29.3 Å². The van der Waals surface area contributed by atoms with E-state index in [1.54, 1.807) is 0 Å². The van der Waals surface area contributed by atoms with Crippen LogP contribution in [-0.4, -0.2) is 25.8 Å². The monoisotopic (exact) mass is 221 g/mol. The number of benzene rings is 1. The maximum atomic E-state index is 9.31. The van der Waals surface area contributed by atoms with Crippen molar-refractivity contribution in [3.8, 4) is 0 Å². The van der Waals surface area contributed by atoms with E-state index in [9.17, 15) is 5.11 Å². The van der Waals surface area contributed by atoms with Crippen LogP contribution >= 0.6 is 0 Å². The molecule has 0 amide bonds. The standard InChI is InChI=1S/C14H23NO/c1-10(2)12-6-7-14(15(4)5)13(8-12)11(3)9-16/h6-8,10-11,16H,9H2,1-5H3. The van der Waals surface area contributed by atoms with Gasteiger partial charge in [0.2, 0.25) is 0 Å². The molecule has 1 aromatic rings. The third-order valence-electron chi connectivity index (χ3n) is 3.00. The summed E-state index contributed by atoms with van der Waals surface area (Å²) in [6.07, 6.45) is 0. The highest BCUT2D eigenvalue weighted by molar-refractivity contribution is 5.56. The lowest BCUT2D eigenvalue weighted by Gasteiger charge is -2.22. The molecule has 1 atom stereocenters. The molecule has 90 valence electrons. The quantitative estimate of drug-likeness (QED) is 0.845. The second kappa shape index (κ2) is 5.35. The van der Waals surface area contributed by atoms with Gasteiger partial charge >= 0.3 is 0 Å². The van der Waals surface area contributed by atoms with Gasteiger partial charge in [-0.1, -0.05) is 32.9 Å². The minimum absolute atomic E-state index is 0.191. The van der Waals surface area contributed by atoms with E-state index in [1.165, 1.54) is 16.8 Å². The van der Waals surface area contributed by atoms with Gasteiger partial charge in [-0.05, 0) is 23.1 Å². The molecule has 0 aromatic heterocycles. The molecular formula is C14H23NO. The minimum atomic E-state index is 0.191. The van der Waals surface area contributed by atoms with Gasteiger partial charge in [0, 0.05) is 32.3 Å². The molecule has 1 rings (SSSR count). The fraction of sp³-hybridized carbons (Fsp3) is 0.571. The zero-order valence-electron chi connectivity index (χ0n) is 11.0. The first-order valence-corrected chi connectivity index (χ1v) is 5.89.